The molecule has 1 saturated heterocycles. The summed E-state index contributed by atoms with van der Waals surface area (Å²) in [5.41, 5.74) is 1.83. The van der Waals surface area contributed by atoms with E-state index in [0.717, 1.165) is 44.5 Å². The molecule has 0 unspecified atom stereocenters. The molecule has 2 fully saturated rings. The van der Waals surface area contributed by atoms with Gasteiger partial charge in [0.2, 0.25) is 5.91 Å². The molecule has 1 aliphatic heterocycles. The number of anilines is 2. The first-order chi connectivity index (χ1) is 14.6. The summed E-state index contributed by atoms with van der Waals surface area (Å²) in [5, 5.41) is 5.35. The maximum Gasteiger partial charge on any atom is 0.325 e. The first-order valence-electron chi connectivity index (χ1n) is 11.2. The lowest BCUT2D eigenvalue weighted by Crippen LogP contribution is -2.36. The van der Waals surface area contributed by atoms with Gasteiger partial charge in [0.05, 0.1) is 0 Å². The van der Waals surface area contributed by atoms with Gasteiger partial charge in [-0.05, 0) is 49.9 Å². The van der Waals surface area contributed by atoms with Crippen molar-refractivity contribution in [2.45, 2.75) is 57.8 Å². The van der Waals surface area contributed by atoms with Gasteiger partial charge in [-0.15, -0.1) is 0 Å². The Hall–Kier alpha value is -2.57. The Kier molecular flexibility index (Phi) is 8.53. The lowest BCUT2D eigenvalue weighted by Gasteiger charge is -2.22. The van der Waals surface area contributed by atoms with E-state index in [9.17, 15) is 14.4 Å². The lowest BCUT2D eigenvalue weighted by atomic mass is 9.89. The van der Waals surface area contributed by atoms with Gasteiger partial charge in [0.15, 0.2) is 6.61 Å². The summed E-state index contributed by atoms with van der Waals surface area (Å²) >= 11 is 0. The van der Waals surface area contributed by atoms with Crippen LogP contribution in [0.4, 0.5) is 11.4 Å². The summed E-state index contributed by atoms with van der Waals surface area (Å²) in [4.78, 5) is 38.3. The Labute approximate surface area is 178 Å². The van der Waals surface area contributed by atoms with Crippen molar-refractivity contribution in [1.29, 1.82) is 0 Å². The fourth-order valence-electron chi connectivity index (χ4n) is 4.15. The lowest BCUT2D eigenvalue weighted by molar-refractivity contribution is -0.147. The van der Waals surface area contributed by atoms with E-state index < -0.39 is 11.9 Å². The molecule has 1 saturated carbocycles. The Morgan fingerprint density at radius 3 is 2.20 bits per heavy atom. The second kappa shape index (κ2) is 11.6. The van der Waals surface area contributed by atoms with Gasteiger partial charge in [-0.1, -0.05) is 32.1 Å². The van der Waals surface area contributed by atoms with Crippen LogP contribution in [0.25, 0.3) is 0 Å². The van der Waals surface area contributed by atoms with E-state index in [1.165, 1.54) is 32.1 Å². The van der Waals surface area contributed by atoms with E-state index in [4.69, 9.17) is 4.74 Å². The molecule has 0 bridgehead atoms. The zero-order valence-electron chi connectivity index (χ0n) is 17.7. The fourth-order valence-corrected chi connectivity index (χ4v) is 4.15. The number of rotatable bonds is 7. The molecule has 7 heteroatoms. The van der Waals surface area contributed by atoms with Crippen LogP contribution in [0, 0.1) is 5.92 Å². The zero-order chi connectivity index (χ0) is 21.2. The van der Waals surface area contributed by atoms with Crippen molar-refractivity contribution in [3.63, 3.8) is 0 Å². The highest BCUT2D eigenvalue weighted by molar-refractivity contribution is 5.93. The summed E-state index contributed by atoms with van der Waals surface area (Å²) in [6, 6.07) is 7.75. The summed E-state index contributed by atoms with van der Waals surface area (Å²) in [5.74, 6) is -1.11. The van der Waals surface area contributed by atoms with Crippen LogP contribution in [0.3, 0.4) is 0 Å². The summed E-state index contributed by atoms with van der Waals surface area (Å²) in [6.07, 6.45) is 10.0. The molecule has 0 spiro atoms. The van der Waals surface area contributed by atoms with Crippen LogP contribution >= 0.6 is 0 Å². The zero-order valence-corrected chi connectivity index (χ0v) is 17.7. The molecular weight excluding hydrogens is 382 g/mol. The maximum atomic E-state index is 12.0. The molecule has 3 rings (SSSR count). The predicted octanol–water partition coefficient (Wildman–Crippen LogP) is 3.25. The van der Waals surface area contributed by atoms with E-state index in [2.05, 4.69) is 15.5 Å². The number of nitrogens with one attached hydrogen (secondary N) is 2. The van der Waals surface area contributed by atoms with E-state index in [-0.39, 0.29) is 25.0 Å². The van der Waals surface area contributed by atoms with E-state index in [1.807, 2.05) is 24.3 Å². The first-order valence-corrected chi connectivity index (χ1v) is 11.2. The Bertz CT molecular complexity index is 706. The number of amides is 2. The molecule has 30 heavy (non-hydrogen) atoms. The number of benzene rings is 1. The minimum absolute atomic E-state index is 0.00728. The molecular formula is C23H33N3O4. The van der Waals surface area contributed by atoms with Crippen molar-refractivity contribution < 1.29 is 19.1 Å². The van der Waals surface area contributed by atoms with Crippen molar-refractivity contribution in [2.75, 3.05) is 36.5 Å². The first kappa shape index (κ1) is 22.1. The third-order valence-electron chi connectivity index (χ3n) is 5.87. The third kappa shape index (κ3) is 7.04. The molecule has 0 aromatic heterocycles. The summed E-state index contributed by atoms with van der Waals surface area (Å²) in [6.45, 7) is 1.57. The van der Waals surface area contributed by atoms with Crippen molar-refractivity contribution in [3.8, 4) is 0 Å². The molecule has 2 N–H and O–H groups in total. The minimum atomic E-state index is -0.606. The van der Waals surface area contributed by atoms with Crippen molar-refractivity contribution >= 4 is 29.2 Å². The molecule has 0 radical (unpaired) electrons. The van der Waals surface area contributed by atoms with Crippen LogP contribution in [0.1, 0.15) is 57.8 Å². The van der Waals surface area contributed by atoms with Crippen molar-refractivity contribution in [3.05, 3.63) is 24.3 Å². The van der Waals surface area contributed by atoms with Crippen LogP contribution in [0.15, 0.2) is 24.3 Å². The maximum absolute atomic E-state index is 12.0. The summed E-state index contributed by atoms with van der Waals surface area (Å²) < 4.78 is 4.97. The van der Waals surface area contributed by atoms with Crippen LogP contribution < -0.4 is 15.5 Å². The van der Waals surface area contributed by atoms with Gasteiger partial charge in [-0.25, -0.2) is 0 Å². The second-order valence-corrected chi connectivity index (χ2v) is 8.21. The number of hydrogen-bond acceptors (Lipinski definition) is 5. The Morgan fingerprint density at radius 2 is 1.53 bits per heavy atom. The van der Waals surface area contributed by atoms with Gasteiger partial charge in [0.25, 0.3) is 5.91 Å². The number of carbonyl (C=O) groups is 3. The molecule has 1 heterocycles. The molecule has 2 amide bonds. The standard InChI is InChI=1S/C23H33N3O4/c27-21(17-30-22(28)16-24-23(29)18-8-4-3-5-9-18)25-19-10-12-20(13-11-19)26-14-6-1-2-7-15-26/h10-13,18H,1-9,14-17H2,(H,24,29)(H,25,27). The molecule has 7 nitrogen and oxygen atoms in total. The Morgan fingerprint density at radius 1 is 0.900 bits per heavy atom. The molecule has 164 valence electrons. The van der Waals surface area contributed by atoms with Crippen LogP contribution in [-0.2, 0) is 19.1 Å². The molecule has 1 aromatic rings. The SMILES string of the molecule is O=C(COC(=O)CNC(=O)C1CCCCC1)Nc1ccc(N2CCCCCC2)cc1. The van der Waals surface area contributed by atoms with Gasteiger partial charge >= 0.3 is 5.97 Å². The average Bonchev–Trinajstić information content (AvgIpc) is 3.07. The second-order valence-electron chi connectivity index (χ2n) is 8.21. The largest absolute Gasteiger partial charge is 0.454 e. The van der Waals surface area contributed by atoms with Crippen LogP contribution in [0.2, 0.25) is 0 Å². The van der Waals surface area contributed by atoms with Gasteiger partial charge in [-0.3, -0.25) is 14.4 Å². The molecule has 0 atom stereocenters. The third-order valence-corrected chi connectivity index (χ3v) is 5.87. The van der Waals surface area contributed by atoms with Gasteiger partial charge < -0.3 is 20.3 Å². The highest BCUT2D eigenvalue weighted by Gasteiger charge is 2.21. The number of nitrogens with zero attached hydrogens (tertiary/aromatic N) is 1. The van der Waals surface area contributed by atoms with E-state index in [1.54, 1.807) is 0 Å². The van der Waals surface area contributed by atoms with Gasteiger partial charge in [0.1, 0.15) is 6.54 Å². The highest BCUT2D eigenvalue weighted by Crippen LogP contribution is 2.23. The topological polar surface area (TPSA) is 87.7 Å². The number of hydrogen-bond donors (Lipinski definition) is 2. The van der Waals surface area contributed by atoms with Crippen molar-refractivity contribution in [2.24, 2.45) is 5.92 Å². The van der Waals surface area contributed by atoms with Crippen LogP contribution in [-0.4, -0.2) is 44.0 Å². The number of ether oxygens (including phenoxy) is 1. The summed E-state index contributed by atoms with van der Waals surface area (Å²) in [7, 11) is 0. The molecule has 1 aromatic carbocycles. The minimum Gasteiger partial charge on any atom is -0.454 e. The number of esters is 1. The van der Waals surface area contributed by atoms with Crippen LogP contribution in [0.5, 0.6) is 0 Å². The van der Waals surface area contributed by atoms with Gasteiger partial charge in [-0.2, -0.15) is 0 Å². The fraction of sp³-hybridized carbons (Fsp3) is 0.609. The molecule has 1 aliphatic carbocycles. The Balaban J connectivity index is 1.35. The number of carbonyl (C=O) groups excluding carboxylic acids is 3. The predicted molar refractivity (Wildman–Crippen MR) is 116 cm³/mol. The van der Waals surface area contributed by atoms with Gasteiger partial charge in [0, 0.05) is 30.4 Å². The normalized spacial score (nSPS) is 17.7. The van der Waals surface area contributed by atoms with Crippen molar-refractivity contribution in [1.82, 2.24) is 5.32 Å². The average molecular weight is 416 g/mol. The van der Waals surface area contributed by atoms with E-state index in [0.29, 0.717) is 5.69 Å². The highest BCUT2D eigenvalue weighted by atomic mass is 16.5. The smallest absolute Gasteiger partial charge is 0.325 e. The quantitative estimate of drug-likeness (QED) is 0.668. The molecule has 2 aliphatic rings. The monoisotopic (exact) mass is 415 g/mol. The van der Waals surface area contributed by atoms with E-state index >= 15 is 0 Å².